The van der Waals surface area contributed by atoms with Crippen molar-refractivity contribution in [3.05, 3.63) is 33.6 Å². The van der Waals surface area contributed by atoms with Gasteiger partial charge in [0.05, 0.1) is 21.2 Å². The minimum atomic E-state index is -3.72. The van der Waals surface area contributed by atoms with Gasteiger partial charge < -0.3 is 4.74 Å². The molecular weight excluding hydrogens is 387 g/mol. The van der Waals surface area contributed by atoms with Crippen LogP contribution in [0.1, 0.15) is 0 Å². The summed E-state index contributed by atoms with van der Waals surface area (Å²) in [4.78, 5) is 4.25. The highest BCUT2D eigenvalue weighted by atomic mass is 35.5. The van der Waals surface area contributed by atoms with Crippen molar-refractivity contribution in [2.75, 3.05) is 11.8 Å². The average Bonchev–Trinajstić information content (AvgIpc) is 3.06. The Labute approximate surface area is 144 Å². The van der Waals surface area contributed by atoms with Crippen LogP contribution in [0.2, 0.25) is 9.36 Å². The van der Waals surface area contributed by atoms with Gasteiger partial charge in [0, 0.05) is 0 Å². The Morgan fingerprint density at radius 1 is 1.18 bits per heavy atom. The van der Waals surface area contributed by atoms with Crippen LogP contribution in [0.5, 0.6) is 5.75 Å². The summed E-state index contributed by atoms with van der Waals surface area (Å²) in [5, 5.41) is 0.698. The van der Waals surface area contributed by atoms with Crippen LogP contribution in [0, 0.1) is 0 Å². The van der Waals surface area contributed by atoms with Crippen molar-refractivity contribution < 1.29 is 13.2 Å². The molecule has 0 aliphatic rings. The Morgan fingerprint density at radius 2 is 1.95 bits per heavy atom. The first-order valence-electron chi connectivity index (χ1n) is 5.82. The highest BCUT2D eigenvalue weighted by Gasteiger charge is 2.20. The first-order chi connectivity index (χ1) is 10.4. The van der Waals surface area contributed by atoms with Crippen molar-refractivity contribution >= 4 is 71.2 Å². The molecule has 2 heterocycles. The van der Waals surface area contributed by atoms with Crippen LogP contribution in [-0.4, -0.2) is 20.5 Å². The van der Waals surface area contributed by atoms with Crippen molar-refractivity contribution in [3.63, 3.8) is 0 Å². The van der Waals surface area contributed by atoms with Gasteiger partial charge >= 0.3 is 0 Å². The van der Waals surface area contributed by atoms with Gasteiger partial charge in [-0.25, -0.2) is 13.4 Å². The van der Waals surface area contributed by atoms with E-state index in [0.29, 0.717) is 25.3 Å². The van der Waals surface area contributed by atoms with Crippen molar-refractivity contribution in [2.24, 2.45) is 0 Å². The highest BCUT2D eigenvalue weighted by molar-refractivity contribution is 7.95. The number of thiophene rings is 1. The lowest BCUT2D eigenvalue weighted by Gasteiger charge is -2.01. The maximum Gasteiger partial charge on any atom is 0.273 e. The summed E-state index contributed by atoms with van der Waals surface area (Å²) >= 11 is 14.0. The molecule has 0 radical (unpaired) electrons. The average molecular weight is 395 g/mol. The van der Waals surface area contributed by atoms with Crippen molar-refractivity contribution in [2.45, 2.75) is 4.21 Å². The molecule has 0 bridgehead atoms. The predicted molar refractivity (Wildman–Crippen MR) is 91.3 cm³/mol. The van der Waals surface area contributed by atoms with Gasteiger partial charge in [-0.1, -0.05) is 34.5 Å². The Bertz CT molecular complexity index is 950. The van der Waals surface area contributed by atoms with E-state index in [1.807, 2.05) is 0 Å². The summed E-state index contributed by atoms with van der Waals surface area (Å²) in [6.45, 7) is 0. The molecule has 0 saturated heterocycles. The van der Waals surface area contributed by atoms with E-state index in [1.54, 1.807) is 12.1 Å². The fourth-order valence-electron chi connectivity index (χ4n) is 1.77. The zero-order chi connectivity index (χ0) is 15.9. The van der Waals surface area contributed by atoms with Crippen LogP contribution in [0.15, 0.2) is 28.5 Å². The molecule has 0 spiro atoms. The number of ether oxygens (including phenoxy) is 1. The fraction of sp³-hybridized carbons (Fsp3) is 0.0833. The molecule has 5 nitrogen and oxygen atoms in total. The van der Waals surface area contributed by atoms with Gasteiger partial charge in [0.2, 0.25) is 0 Å². The smallest absolute Gasteiger partial charge is 0.273 e. The number of nitrogens with zero attached hydrogens (tertiary/aromatic N) is 1. The third-order valence-electron chi connectivity index (χ3n) is 2.71. The van der Waals surface area contributed by atoms with E-state index < -0.39 is 10.0 Å². The molecule has 0 aliphatic heterocycles. The lowest BCUT2D eigenvalue weighted by atomic mass is 10.3. The molecular formula is C12H8Cl2N2O3S3. The lowest BCUT2D eigenvalue weighted by molar-refractivity contribution is 0.419. The number of hydrogen-bond donors (Lipinski definition) is 1. The Kier molecular flexibility index (Phi) is 4.21. The number of benzene rings is 1. The van der Waals surface area contributed by atoms with Gasteiger partial charge in [0.15, 0.2) is 5.13 Å². The number of hydrogen-bond acceptors (Lipinski definition) is 6. The van der Waals surface area contributed by atoms with Gasteiger partial charge in [-0.15, -0.1) is 11.3 Å². The number of sulfonamides is 1. The van der Waals surface area contributed by atoms with Crippen LogP contribution >= 0.6 is 45.9 Å². The molecule has 116 valence electrons. The monoisotopic (exact) mass is 394 g/mol. The molecule has 10 heteroatoms. The Balaban J connectivity index is 2.03. The first kappa shape index (κ1) is 15.8. The fourth-order valence-corrected chi connectivity index (χ4v) is 5.64. The largest absolute Gasteiger partial charge is 0.494 e. The molecule has 0 saturated carbocycles. The molecule has 3 aromatic rings. The van der Waals surface area contributed by atoms with E-state index in [4.69, 9.17) is 27.9 Å². The molecule has 0 aliphatic carbocycles. The number of aromatic nitrogens is 1. The summed E-state index contributed by atoms with van der Waals surface area (Å²) in [6, 6.07) is 6.33. The SMILES string of the molecule is COc1ccc(Cl)c2sc(NS(=O)(=O)c3ccc(Cl)s3)nc12. The summed E-state index contributed by atoms with van der Waals surface area (Å²) < 4.78 is 33.4. The maximum atomic E-state index is 12.3. The predicted octanol–water partition coefficient (Wildman–Crippen LogP) is 4.47. The summed E-state index contributed by atoms with van der Waals surface area (Å²) in [6.07, 6.45) is 0. The molecule has 0 atom stereocenters. The van der Waals surface area contributed by atoms with Crippen LogP contribution in [0.4, 0.5) is 5.13 Å². The van der Waals surface area contributed by atoms with Crippen molar-refractivity contribution in [1.29, 1.82) is 0 Å². The zero-order valence-electron chi connectivity index (χ0n) is 11.0. The number of nitrogens with one attached hydrogen (secondary N) is 1. The van der Waals surface area contributed by atoms with Gasteiger partial charge in [-0.3, -0.25) is 4.72 Å². The summed E-state index contributed by atoms with van der Waals surface area (Å²) in [5.74, 6) is 0.528. The topological polar surface area (TPSA) is 68.3 Å². The molecule has 3 rings (SSSR count). The third-order valence-corrected chi connectivity index (χ3v) is 7.34. The first-order valence-corrected chi connectivity index (χ1v) is 9.69. The van der Waals surface area contributed by atoms with Gasteiger partial charge in [0.1, 0.15) is 15.5 Å². The van der Waals surface area contributed by atoms with Gasteiger partial charge in [-0.2, -0.15) is 0 Å². The Morgan fingerprint density at radius 3 is 2.59 bits per heavy atom. The molecule has 0 unspecified atom stereocenters. The van der Waals surface area contributed by atoms with Crippen molar-refractivity contribution in [1.82, 2.24) is 4.98 Å². The molecule has 2 aromatic heterocycles. The van der Waals surface area contributed by atoms with E-state index in [1.165, 1.54) is 19.2 Å². The number of anilines is 1. The third kappa shape index (κ3) is 2.89. The maximum absolute atomic E-state index is 12.3. The van der Waals surface area contributed by atoms with Crippen LogP contribution in [-0.2, 0) is 10.0 Å². The second-order valence-corrected chi connectivity index (χ2v) is 9.14. The number of fused-ring (bicyclic) bond motifs is 1. The van der Waals surface area contributed by atoms with Crippen LogP contribution < -0.4 is 9.46 Å². The van der Waals surface area contributed by atoms with E-state index in [2.05, 4.69) is 9.71 Å². The van der Waals surface area contributed by atoms with E-state index in [0.717, 1.165) is 22.7 Å². The van der Waals surface area contributed by atoms with Crippen LogP contribution in [0.25, 0.3) is 10.2 Å². The highest BCUT2D eigenvalue weighted by Crippen LogP contribution is 2.38. The van der Waals surface area contributed by atoms with Gasteiger partial charge in [0.25, 0.3) is 10.0 Å². The normalized spacial score (nSPS) is 11.8. The molecule has 0 amide bonds. The van der Waals surface area contributed by atoms with E-state index >= 15 is 0 Å². The molecule has 22 heavy (non-hydrogen) atoms. The summed E-state index contributed by atoms with van der Waals surface area (Å²) in [7, 11) is -2.21. The molecule has 1 aromatic carbocycles. The summed E-state index contributed by atoms with van der Waals surface area (Å²) in [5.41, 5.74) is 0.516. The van der Waals surface area contributed by atoms with Crippen LogP contribution in [0.3, 0.4) is 0 Å². The van der Waals surface area contributed by atoms with E-state index in [-0.39, 0.29) is 9.34 Å². The zero-order valence-corrected chi connectivity index (χ0v) is 14.9. The Hall–Kier alpha value is -1.06. The van der Waals surface area contributed by atoms with Gasteiger partial charge in [-0.05, 0) is 24.3 Å². The minimum absolute atomic E-state index is 0.120. The second-order valence-electron chi connectivity index (χ2n) is 4.11. The number of methoxy groups -OCH3 is 1. The number of halogens is 2. The molecule has 1 N–H and O–H groups in total. The quantitative estimate of drug-likeness (QED) is 0.708. The minimum Gasteiger partial charge on any atom is -0.494 e. The molecule has 0 fully saturated rings. The number of rotatable bonds is 4. The lowest BCUT2D eigenvalue weighted by Crippen LogP contribution is -2.10. The second kappa shape index (κ2) is 5.86. The number of thiazole rings is 1. The standard InChI is InChI=1S/C12H8Cl2N2O3S3/c1-19-7-3-2-6(13)11-10(7)15-12(21-11)16-22(17,18)9-5-4-8(14)20-9/h2-5H,1H3,(H,15,16). The van der Waals surface area contributed by atoms with Crippen molar-refractivity contribution in [3.8, 4) is 5.75 Å². The van der Waals surface area contributed by atoms with E-state index in [9.17, 15) is 8.42 Å².